The van der Waals surface area contributed by atoms with Gasteiger partial charge >= 0.3 is 0 Å². The van der Waals surface area contributed by atoms with Crippen molar-refractivity contribution in [2.75, 3.05) is 19.6 Å². The van der Waals surface area contributed by atoms with Crippen LogP contribution in [0.3, 0.4) is 0 Å². The Kier molecular flexibility index (Phi) is 12.3. The van der Waals surface area contributed by atoms with Crippen LogP contribution in [0.5, 0.6) is 0 Å². The Hall–Kier alpha value is -0.890. The third-order valence-corrected chi connectivity index (χ3v) is 3.96. The van der Waals surface area contributed by atoms with E-state index in [9.17, 15) is 4.79 Å². The Bertz CT molecular complexity index is 337. The molecule has 0 fully saturated rings. The molecule has 2 heteroatoms. The highest BCUT2D eigenvalue weighted by Gasteiger charge is 1.99. The molecule has 0 saturated heterocycles. The summed E-state index contributed by atoms with van der Waals surface area (Å²) in [6, 6.07) is 0. The van der Waals surface area contributed by atoms with E-state index in [1.807, 2.05) is 0 Å². The summed E-state index contributed by atoms with van der Waals surface area (Å²) in [7, 11) is 0. The summed E-state index contributed by atoms with van der Waals surface area (Å²) >= 11 is 0. The number of carbonyl (C=O) groups is 1. The zero-order valence-corrected chi connectivity index (χ0v) is 14.9. The van der Waals surface area contributed by atoms with Gasteiger partial charge in [-0.2, -0.15) is 0 Å². The molecule has 0 aliphatic carbocycles. The highest BCUT2D eigenvalue weighted by atomic mass is 16.1. The fraction of sp³-hybridized carbons (Fsp3) is 0.737. The van der Waals surface area contributed by atoms with Gasteiger partial charge in [-0.1, -0.05) is 37.1 Å². The lowest BCUT2D eigenvalue weighted by Crippen LogP contribution is -2.23. The zero-order chi connectivity index (χ0) is 16.1. The second-order valence-corrected chi connectivity index (χ2v) is 6.01. The third kappa shape index (κ3) is 12.6. The van der Waals surface area contributed by atoms with E-state index in [0.717, 1.165) is 32.4 Å². The second-order valence-electron chi connectivity index (χ2n) is 6.01. The lowest BCUT2D eigenvalue weighted by atomic mass is 10.1. The van der Waals surface area contributed by atoms with Crippen molar-refractivity contribution in [1.82, 2.24) is 4.90 Å². The standard InChI is InChI=1S/C19H35NO/c1-6-20(7-2)16-10-14-18(4)12-8-11-17(3)13-9-15-19(5)21/h12-13H,6-11,14-16H2,1-5H3/b17-13-,18-12-. The largest absolute Gasteiger partial charge is 0.304 e. The number of carbonyl (C=O) groups excluding carboxylic acids is 1. The number of rotatable bonds is 12. The van der Waals surface area contributed by atoms with E-state index in [0.29, 0.717) is 6.42 Å². The molecule has 0 aromatic rings. The van der Waals surface area contributed by atoms with Crippen LogP contribution in [0.15, 0.2) is 23.3 Å². The maximum absolute atomic E-state index is 10.9. The van der Waals surface area contributed by atoms with Gasteiger partial charge in [-0.05, 0) is 72.5 Å². The molecular weight excluding hydrogens is 258 g/mol. The summed E-state index contributed by atoms with van der Waals surface area (Å²) in [6.07, 6.45) is 10.9. The molecule has 2 nitrogen and oxygen atoms in total. The van der Waals surface area contributed by atoms with Crippen molar-refractivity contribution >= 4 is 5.78 Å². The molecule has 0 aliphatic rings. The molecule has 0 atom stereocenters. The molecule has 0 aromatic carbocycles. The lowest BCUT2D eigenvalue weighted by molar-refractivity contribution is -0.116. The maximum atomic E-state index is 10.9. The number of ketones is 1. The first-order valence-corrected chi connectivity index (χ1v) is 8.52. The molecule has 0 aromatic heterocycles. The van der Waals surface area contributed by atoms with Crippen LogP contribution in [0.4, 0.5) is 0 Å². The van der Waals surface area contributed by atoms with Crippen molar-refractivity contribution in [3.63, 3.8) is 0 Å². The van der Waals surface area contributed by atoms with E-state index in [4.69, 9.17) is 0 Å². The van der Waals surface area contributed by atoms with Gasteiger partial charge in [0.2, 0.25) is 0 Å². The number of nitrogens with zero attached hydrogens (tertiary/aromatic N) is 1. The normalized spacial score (nSPS) is 13.0. The van der Waals surface area contributed by atoms with Crippen LogP contribution in [0.2, 0.25) is 0 Å². The van der Waals surface area contributed by atoms with E-state index in [1.165, 1.54) is 30.5 Å². The minimum Gasteiger partial charge on any atom is -0.304 e. The fourth-order valence-corrected chi connectivity index (χ4v) is 2.39. The van der Waals surface area contributed by atoms with Crippen molar-refractivity contribution in [2.45, 2.75) is 73.1 Å². The van der Waals surface area contributed by atoms with Gasteiger partial charge in [0.1, 0.15) is 5.78 Å². The Labute approximate surface area is 132 Å². The molecule has 0 radical (unpaired) electrons. The molecule has 0 rings (SSSR count). The molecule has 0 saturated carbocycles. The Morgan fingerprint density at radius 2 is 1.38 bits per heavy atom. The summed E-state index contributed by atoms with van der Waals surface area (Å²) < 4.78 is 0. The summed E-state index contributed by atoms with van der Waals surface area (Å²) in [5.41, 5.74) is 2.92. The molecule has 0 aliphatic heterocycles. The topological polar surface area (TPSA) is 20.3 Å². The van der Waals surface area contributed by atoms with Gasteiger partial charge in [0.05, 0.1) is 0 Å². The maximum Gasteiger partial charge on any atom is 0.130 e. The molecule has 0 bridgehead atoms. The van der Waals surface area contributed by atoms with E-state index >= 15 is 0 Å². The first kappa shape index (κ1) is 20.1. The lowest BCUT2D eigenvalue weighted by Gasteiger charge is -2.17. The summed E-state index contributed by atoms with van der Waals surface area (Å²) in [6.45, 7) is 14.1. The van der Waals surface area contributed by atoms with Gasteiger partial charge in [-0.3, -0.25) is 0 Å². The van der Waals surface area contributed by atoms with Crippen molar-refractivity contribution in [2.24, 2.45) is 0 Å². The van der Waals surface area contributed by atoms with Crippen LogP contribution in [0.1, 0.15) is 73.1 Å². The average Bonchev–Trinajstić information content (AvgIpc) is 2.43. The van der Waals surface area contributed by atoms with Gasteiger partial charge in [0.25, 0.3) is 0 Å². The van der Waals surface area contributed by atoms with Crippen LogP contribution in [-0.2, 0) is 4.79 Å². The van der Waals surface area contributed by atoms with Gasteiger partial charge in [-0.25, -0.2) is 0 Å². The molecule has 0 spiro atoms. The second kappa shape index (κ2) is 12.8. The van der Waals surface area contributed by atoms with Crippen LogP contribution in [-0.4, -0.2) is 30.3 Å². The van der Waals surface area contributed by atoms with Crippen LogP contribution in [0.25, 0.3) is 0 Å². The quantitative estimate of drug-likeness (QED) is 0.464. The van der Waals surface area contributed by atoms with E-state index in [1.54, 1.807) is 6.92 Å². The first-order chi connectivity index (χ1) is 9.99. The predicted octanol–water partition coefficient (Wildman–Crippen LogP) is 5.15. The van der Waals surface area contributed by atoms with Crippen molar-refractivity contribution in [1.29, 1.82) is 0 Å². The number of Topliss-reactive ketones (excluding diaryl/α,β-unsaturated/α-hetero) is 1. The van der Waals surface area contributed by atoms with Gasteiger partial charge < -0.3 is 9.69 Å². The SMILES string of the molecule is CCN(CC)CCC/C(C)=C\CC/C(C)=C\CCC(C)=O. The first-order valence-electron chi connectivity index (χ1n) is 8.52. The van der Waals surface area contributed by atoms with E-state index < -0.39 is 0 Å². The Morgan fingerprint density at radius 3 is 1.90 bits per heavy atom. The summed E-state index contributed by atoms with van der Waals surface area (Å²) in [5.74, 6) is 0.281. The van der Waals surface area contributed by atoms with Crippen molar-refractivity contribution in [3.8, 4) is 0 Å². The predicted molar refractivity (Wildman–Crippen MR) is 93.7 cm³/mol. The highest BCUT2D eigenvalue weighted by Crippen LogP contribution is 2.11. The fourth-order valence-electron chi connectivity index (χ4n) is 2.39. The third-order valence-electron chi connectivity index (χ3n) is 3.96. The highest BCUT2D eigenvalue weighted by molar-refractivity contribution is 5.75. The molecule has 0 heterocycles. The smallest absolute Gasteiger partial charge is 0.130 e. The number of allylic oxidation sites excluding steroid dienone is 4. The molecular formula is C19H35NO. The molecule has 0 amide bonds. The number of hydrogen-bond acceptors (Lipinski definition) is 2. The minimum absolute atomic E-state index is 0.281. The molecule has 21 heavy (non-hydrogen) atoms. The molecule has 0 unspecified atom stereocenters. The minimum atomic E-state index is 0.281. The van der Waals surface area contributed by atoms with E-state index in [-0.39, 0.29) is 5.78 Å². The van der Waals surface area contributed by atoms with Crippen molar-refractivity contribution < 1.29 is 4.79 Å². The molecule has 122 valence electrons. The van der Waals surface area contributed by atoms with Gasteiger partial charge in [0.15, 0.2) is 0 Å². The van der Waals surface area contributed by atoms with Crippen molar-refractivity contribution in [3.05, 3.63) is 23.3 Å². The summed E-state index contributed by atoms with van der Waals surface area (Å²) in [5, 5.41) is 0. The van der Waals surface area contributed by atoms with Crippen LogP contribution < -0.4 is 0 Å². The van der Waals surface area contributed by atoms with Gasteiger partial charge in [0, 0.05) is 6.42 Å². The Balaban J connectivity index is 3.83. The van der Waals surface area contributed by atoms with Crippen LogP contribution in [0, 0.1) is 0 Å². The zero-order valence-electron chi connectivity index (χ0n) is 14.9. The summed E-state index contributed by atoms with van der Waals surface area (Å²) in [4.78, 5) is 13.4. The van der Waals surface area contributed by atoms with E-state index in [2.05, 4.69) is 44.7 Å². The molecule has 0 N–H and O–H groups in total. The van der Waals surface area contributed by atoms with Gasteiger partial charge in [-0.15, -0.1) is 0 Å². The monoisotopic (exact) mass is 293 g/mol. The average molecular weight is 293 g/mol. The van der Waals surface area contributed by atoms with Crippen LogP contribution >= 0.6 is 0 Å². The number of hydrogen-bond donors (Lipinski definition) is 0. The Morgan fingerprint density at radius 1 is 0.857 bits per heavy atom.